The number of fused-ring (bicyclic) bond motifs is 1. The van der Waals surface area contributed by atoms with Crippen molar-refractivity contribution in [3.63, 3.8) is 0 Å². The molecule has 0 saturated heterocycles. The number of hydrogen-bond acceptors (Lipinski definition) is 4. The van der Waals surface area contributed by atoms with Gasteiger partial charge >= 0.3 is 5.97 Å². The zero-order valence-corrected chi connectivity index (χ0v) is 16.4. The van der Waals surface area contributed by atoms with Crippen LogP contribution in [0.15, 0.2) is 6.07 Å². The van der Waals surface area contributed by atoms with Crippen molar-refractivity contribution < 1.29 is 27.1 Å². The second-order valence-corrected chi connectivity index (χ2v) is 7.57. The molecule has 1 heterocycles. The minimum absolute atomic E-state index is 0.110. The minimum atomic E-state index is -1.60. The normalized spacial score (nSPS) is 13.0. The third-order valence-corrected chi connectivity index (χ3v) is 5.64. The van der Waals surface area contributed by atoms with Crippen LogP contribution in [0.5, 0.6) is 0 Å². The van der Waals surface area contributed by atoms with Crippen LogP contribution in [0.3, 0.4) is 0 Å². The lowest BCUT2D eigenvalue weighted by atomic mass is 9.95. The summed E-state index contributed by atoms with van der Waals surface area (Å²) in [5, 5.41) is 4.89. The molecule has 0 radical (unpaired) electrons. The van der Waals surface area contributed by atoms with E-state index in [1.165, 1.54) is 11.3 Å². The van der Waals surface area contributed by atoms with Gasteiger partial charge in [-0.3, -0.25) is 0 Å². The molecule has 0 bridgehead atoms. The van der Waals surface area contributed by atoms with Gasteiger partial charge in [0.15, 0.2) is 28.4 Å². The lowest BCUT2D eigenvalue weighted by Crippen LogP contribution is -2.22. The summed E-state index contributed by atoms with van der Waals surface area (Å²) < 4.78 is 59.5. The summed E-state index contributed by atoms with van der Waals surface area (Å²) in [5.41, 5.74) is 0.153. The van der Waals surface area contributed by atoms with Gasteiger partial charge in [0.05, 0.1) is 12.2 Å². The van der Waals surface area contributed by atoms with E-state index in [2.05, 4.69) is 10.6 Å². The van der Waals surface area contributed by atoms with Crippen LogP contribution in [0.2, 0.25) is 0 Å². The number of aryl methyl sites for hydroxylation is 1. The van der Waals surface area contributed by atoms with Crippen LogP contribution in [0.1, 0.15) is 40.6 Å². The number of hydrogen-bond donors (Lipinski definition) is 2. The van der Waals surface area contributed by atoms with Gasteiger partial charge in [0.1, 0.15) is 10.7 Å². The monoisotopic (exact) mass is 432 g/mol. The fourth-order valence-corrected chi connectivity index (χ4v) is 4.55. The number of thiophene rings is 1. The van der Waals surface area contributed by atoms with E-state index in [9.17, 15) is 22.4 Å². The Morgan fingerprint density at radius 3 is 2.43 bits per heavy atom. The highest BCUT2D eigenvalue weighted by Gasteiger charge is 2.27. The zero-order chi connectivity index (χ0) is 20.4. The largest absolute Gasteiger partial charge is 0.462 e. The van der Waals surface area contributed by atoms with Crippen molar-refractivity contribution in [2.24, 2.45) is 0 Å². The number of ether oxygens (including phenoxy) is 1. The van der Waals surface area contributed by atoms with Gasteiger partial charge < -0.3 is 15.4 Å². The Hall–Kier alpha value is -2.20. The van der Waals surface area contributed by atoms with Crippen molar-refractivity contribution in [1.29, 1.82) is 0 Å². The summed E-state index contributed by atoms with van der Waals surface area (Å²) in [7, 11) is 0. The third-order valence-electron chi connectivity index (χ3n) is 4.23. The smallest absolute Gasteiger partial charge is 0.341 e. The van der Waals surface area contributed by atoms with E-state index in [0.29, 0.717) is 17.0 Å². The lowest BCUT2D eigenvalue weighted by Gasteiger charge is -2.14. The maximum atomic E-state index is 13.8. The van der Waals surface area contributed by atoms with E-state index in [-0.39, 0.29) is 17.8 Å². The van der Waals surface area contributed by atoms with Crippen LogP contribution in [0.4, 0.5) is 28.3 Å². The predicted molar refractivity (Wildman–Crippen MR) is 103 cm³/mol. The molecule has 0 amide bonds. The first-order valence-corrected chi connectivity index (χ1v) is 9.78. The molecule has 0 atom stereocenters. The lowest BCUT2D eigenvalue weighted by molar-refractivity contribution is 0.0526. The summed E-state index contributed by atoms with van der Waals surface area (Å²) in [4.78, 5) is 13.4. The SMILES string of the molecule is CCOC(=O)c1c(NC(=S)Nc2c(F)c(F)cc(F)c2F)sc2c1CCCC2. The van der Waals surface area contributed by atoms with Crippen LogP contribution in [-0.4, -0.2) is 17.7 Å². The van der Waals surface area contributed by atoms with E-state index < -0.39 is 34.9 Å². The number of halogens is 4. The number of benzene rings is 1. The highest BCUT2D eigenvalue weighted by Crippen LogP contribution is 2.38. The molecule has 4 nitrogen and oxygen atoms in total. The zero-order valence-electron chi connectivity index (χ0n) is 14.8. The molecule has 1 aromatic heterocycles. The van der Waals surface area contributed by atoms with E-state index in [0.717, 1.165) is 29.7 Å². The van der Waals surface area contributed by atoms with Crippen LogP contribution in [-0.2, 0) is 17.6 Å². The van der Waals surface area contributed by atoms with E-state index in [4.69, 9.17) is 17.0 Å². The molecule has 28 heavy (non-hydrogen) atoms. The van der Waals surface area contributed by atoms with Crippen molar-refractivity contribution in [3.8, 4) is 0 Å². The Kier molecular flexibility index (Phi) is 6.19. The van der Waals surface area contributed by atoms with Gasteiger partial charge in [-0.25, -0.2) is 22.4 Å². The number of anilines is 2. The molecule has 3 rings (SSSR count). The maximum absolute atomic E-state index is 13.8. The highest BCUT2D eigenvalue weighted by atomic mass is 32.1. The Balaban J connectivity index is 1.89. The van der Waals surface area contributed by atoms with E-state index in [1.54, 1.807) is 6.92 Å². The fraction of sp³-hybridized carbons (Fsp3) is 0.333. The number of thiocarbonyl (C=S) groups is 1. The number of carbonyl (C=O) groups is 1. The van der Waals surface area contributed by atoms with Crippen molar-refractivity contribution >= 4 is 45.3 Å². The van der Waals surface area contributed by atoms with Gasteiger partial charge in [0, 0.05) is 10.9 Å². The molecule has 1 aliphatic carbocycles. The summed E-state index contributed by atoms with van der Waals surface area (Å²) in [5.74, 6) is -6.83. The van der Waals surface area contributed by atoms with Gasteiger partial charge in [0.25, 0.3) is 0 Å². The molecule has 2 N–H and O–H groups in total. The third kappa shape index (κ3) is 3.97. The average molecular weight is 432 g/mol. The van der Waals surface area contributed by atoms with Crippen molar-refractivity contribution in [2.45, 2.75) is 32.6 Å². The Morgan fingerprint density at radius 2 is 1.79 bits per heavy atom. The Morgan fingerprint density at radius 1 is 1.14 bits per heavy atom. The first-order chi connectivity index (χ1) is 13.3. The van der Waals surface area contributed by atoms with Gasteiger partial charge in [0.2, 0.25) is 0 Å². The highest BCUT2D eigenvalue weighted by molar-refractivity contribution is 7.80. The first-order valence-electron chi connectivity index (χ1n) is 8.56. The number of nitrogens with one attached hydrogen (secondary N) is 2. The topological polar surface area (TPSA) is 50.4 Å². The second kappa shape index (κ2) is 8.44. The fourth-order valence-electron chi connectivity index (χ4n) is 3.00. The number of esters is 1. The molecule has 0 saturated carbocycles. The van der Waals surface area contributed by atoms with Crippen molar-refractivity contribution in [2.75, 3.05) is 17.2 Å². The molecule has 1 aromatic carbocycles. The first kappa shape index (κ1) is 20.5. The minimum Gasteiger partial charge on any atom is -0.462 e. The molecule has 0 fully saturated rings. The van der Waals surface area contributed by atoms with E-state index in [1.807, 2.05) is 0 Å². The second-order valence-electron chi connectivity index (χ2n) is 6.06. The molecule has 0 spiro atoms. The van der Waals surface area contributed by atoms with Crippen LogP contribution >= 0.6 is 23.6 Å². The Bertz CT molecular complexity index is 920. The van der Waals surface area contributed by atoms with Crippen LogP contribution < -0.4 is 10.6 Å². The standard InChI is InChI=1S/C18H16F4N2O2S2/c1-2-26-17(25)12-8-5-3-4-6-11(8)28-16(12)24-18(27)23-15-13(21)9(19)7-10(20)14(15)22/h7H,2-6H2,1H3,(H2,23,24,27). The van der Waals surface area contributed by atoms with Gasteiger partial charge in [-0.2, -0.15) is 0 Å². The molecule has 1 aliphatic rings. The maximum Gasteiger partial charge on any atom is 0.341 e. The summed E-state index contributed by atoms with van der Waals surface area (Å²) in [6, 6.07) is 0.110. The molecular weight excluding hydrogens is 416 g/mol. The van der Waals surface area contributed by atoms with Crippen LogP contribution in [0, 0.1) is 23.3 Å². The molecule has 0 unspecified atom stereocenters. The van der Waals surface area contributed by atoms with E-state index >= 15 is 0 Å². The van der Waals surface area contributed by atoms with Gasteiger partial charge in [-0.1, -0.05) is 0 Å². The average Bonchev–Trinajstić information content (AvgIpc) is 3.01. The molecule has 150 valence electrons. The molecule has 0 aliphatic heterocycles. The van der Waals surface area contributed by atoms with Crippen molar-refractivity contribution in [1.82, 2.24) is 0 Å². The summed E-state index contributed by atoms with van der Waals surface area (Å²) in [6.07, 6.45) is 3.42. The van der Waals surface area contributed by atoms with Crippen LogP contribution in [0.25, 0.3) is 0 Å². The van der Waals surface area contributed by atoms with Gasteiger partial charge in [-0.05, 0) is 50.4 Å². The molecule has 10 heteroatoms. The molecule has 2 aromatic rings. The van der Waals surface area contributed by atoms with Gasteiger partial charge in [-0.15, -0.1) is 11.3 Å². The number of rotatable bonds is 4. The quantitative estimate of drug-likeness (QED) is 0.302. The summed E-state index contributed by atoms with van der Waals surface area (Å²) >= 11 is 6.32. The molecular formula is C18H16F4N2O2S2. The Labute approximate surface area is 167 Å². The van der Waals surface area contributed by atoms with Crippen molar-refractivity contribution in [3.05, 3.63) is 45.3 Å². The summed E-state index contributed by atoms with van der Waals surface area (Å²) in [6.45, 7) is 1.87. The number of carbonyl (C=O) groups excluding carboxylic acids is 1. The predicted octanol–water partition coefficient (Wildman–Crippen LogP) is 5.17.